The number of methoxy groups -OCH3 is 1. The number of nitrogens with two attached hydrogens (primary N) is 1. The maximum absolute atomic E-state index is 12.6. The minimum Gasteiger partial charge on any atom is -0.496 e. The highest BCUT2D eigenvalue weighted by Gasteiger charge is 2.28. The number of amides is 1. The fourth-order valence-electron chi connectivity index (χ4n) is 2.57. The molecule has 6 heteroatoms. The van der Waals surface area contributed by atoms with E-state index in [-0.39, 0.29) is 22.1 Å². The van der Waals surface area contributed by atoms with E-state index in [0.717, 1.165) is 5.56 Å². The number of benzene rings is 2. The minimum atomic E-state index is -0.374. The number of carbonyl (C=O) groups is 2. The Hall–Kier alpha value is -2.60. The van der Waals surface area contributed by atoms with Gasteiger partial charge < -0.3 is 10.5 Å². The highest BCUT2D eigenvalue weighted by atomic mass is 32.2. The fourth-order valence-corrected chi connectivity index (χ4v) is 3.42. The van der Waals surface area contributed by atoms with E-state index in [1.807, 2.05) is 18.2 Å². The van der Waals surface area contributed by atoms with E-state index in [1.165, 1.54) is 11.8 Å². The molecule has 122 valence electrons. The van der Waals surface area contributed by atoms with E-state index in [2.05, 4.69) is 4.99 Å². The quantitative estimate of drug-likeness (QED) is 0.845. The zero-order valence-corrected chi connectivity index (χ0v) is 13.9. The number of hydrogen-bond acceptors (Lipinski definition) is 5. The first-order valence-corrected chi connectivity index (χ1v) is 8.28. The largest absolute Gasteiger partial charge is 0.496 e. The maximum Gasteiger partial charge on any atom is 0.261 e. The molecule has 0 bridgehead atoms. The second-order valence-electron chi connectivity index (χ2n) is 5.32. The summed E-state index contributed by atoms with van der Waals surface area (Å²) in [6.45, 7) is 0. The molecule has 0 aliphatic carbocycles. The number of rotatable bonds is 5. The zero-order valence-electron chi connectivity index (χ0n) is 13.1. The van der Waals surface area contributed by atoms with E-state index < -0.39 is 0 Å². The van der Waals surface area contributed by atoms with Gasteiger partial charge in [-0.3, -0.25) is 9.59 Å². The van der Waals surface area contributed by atoms with Gasteiger partial charge in [-0.15, -0.1) is 0 Å². The van der Waals surface area contributed by atoms with Crippen molar-refractivity contribution in [1.82, 2.24) is 0 Å². The van der Waals surface area contributed by atoms with Crippen LogP contribution in [0.25, 0.3) is 0 Å². The van der Waals surface area contributed by atoms with Crippen LogP contribution in [0, 0.1) is 0 Å². The summed E-state index contributed by atoms with van der Waals surface area (Å²) in [5.41, 5.74) is 7.56. The highest BCUT2D eigenvalue weighted by molar-refractivity contribution is 8.15. The smallest absolute Gasteiger partial charge is 0.261 e. The molecule has 1 atom stereocenters. The number of aliphatic imine (C=N–C) groups is 1. The molecule has 0 fully saturated rings. The fraction of sp³-hybridized carbons (Fsp3) is 0.167. The van der Waals surface area contributed by atoms with Crippen LogP contribution in [0.3, 0.4) is 0 Å². The molecule has 0 saturated heterocycles. The zero-order chi connectivity index (χ0) is 17.1. The summed E-state index contributed by atoms with van der Waals surface area (Å²) in [6.07, 6.45) is 0.410. The van der Waals surface area contributed by atoms with E-state index in [0.29, 0.717) is 23.3 Å². The van der Waals surface area contributed by atoms with Crippen LogP contribution in [0.5, 0.6) is 5.75 Å². The molecule has 1 amide bonds. The van der Waals surface area contributed by atoms with Gasteiger partial charge in [0.1, 0.15) is 5.75 Å². The Morgan fingerprint density at radius 2 is 1.96 bits per heavy atom. The summed E-state index contributed by atoms with van der Waals surface area (Å²) < 4.78 is 5.36. The van der Waals surface area contributed by atoms with Crippen molar-refractivity contribution < 1.29 is 14.3 Å². The van der Waals surface area contributed by atoms with Gasteiger partial charge in [-0.1, -0.05) is 42.1 Å². The Bertz CT molecular complexity index is 818. The minimum absolute atomic E-state index is 0.0688. The third-order valence-electron chi connectivity index (χ3n) is 3.74. The molecule has 5 nitrogen and oxygen atoms in total. The molecule has 0 spiro atoms. The number of ether oxygens (including phenoxy) is 1. The van der Waals surface area contributed by atoms with E-state index in [1.54, 1.807) is 37.4 Å². The van der Waals surface area contributed by atoms with E-state index in [4.69, 9.17) is 10.5 Å². The Balaban J connectivity index is 1.89. The number of hydrogen-bond donors (Lipinski definition) is 1. The maximum atomic E-state index is 12.6. The first kappa shape index (κ1) is 16.3. The van der Waals surface area contributed by atoms with Gasteiger partial charge >= 0.3 is 0 Å². The van der Waals surface area contributed by atoms with Crippen molar-refractivity contribution in [2.75, 3.05) is 7.11 Å². The first-order valence-electron chi connectivity index (χ1n) is 7.40. The molecular formula is C18H16N2O3S. The van der Waals surface area contributed by atoms with Crippen LogP contribution in [0.1, 0.15) is 21.5 Å². The Morgan fingerprint density at radius 1 is 1.21 bits per heavy atom. The number of carbonyl (C=O) groups excluding carboxylic acids is 2. The summed E-state index contributed by atoms with van der Waals surface area (Å²) in [6, 6.07) is 14.3. The SMILES string of the molecule is COc1ccc(C(=O)c2ccccc2)cc1CC1SC(N)=NC1=O. The van der Waals surface area contributed by atoms with Gasteiger partial charge in [-0.2, -0.15) is 4.99 Å². The van der Waals surface area contributed by atoms with Crippen molar-refractivity contribution in [2.24, 2.45) is 10.7 Å². The summed E-state index contributed by atoms with van der Waals surface area (Å²) in [4.78, 5) is 28.2. The van der Waals surface area contributed by atoms with Crippen LogP contribution >= 0.6 is 11.8 Å². The summed E-state index contributed by atoms with van der Waals surface area (Å²) in [7, 11) is 1.56. The van der Waals surface area contributed by atoms with Crippen LogP contribution in [-0.4, -0.2) is 29.2 Å². The van der Waals surface area contributed by atoms with Crippen molar-refractivity contribution in [1.29, 1.82) is 0 Å². The van der Waals surface area contributed by atoms with Crippen LogP contribution in [-0.2, 0) is 11.2 Å². The van der Waals surface area contributed by atoms with Gasteiger partial charge in [0.05, 0.1) is 12.4 Å². The normalized spacial score (nSPS) is 16.8. The lowest BCUT2D eigenvalue weighted by Gasteiger charge is -2.13. The van der Waals surface area contributed by atoms with E-state index in [9.17, 15) is 9.59 Å². The van der Waals surface area contributed by atoms with Gasteiger partial charge in [0.25, 0.3) is 5.91 Å². The molecule has 24 heavy (non-hydrogen) atoms. The average Bonchev–Trinajstić information content (AvgIpc) is 2.92. The summed E-state index contributed by atoms with van der Waals surface area (Å²) in [5, 5.41) is -0.0959. The van der Waals surface area contributed by atoms with Crippen LogP contribution in [0.15, 0.2) is 53.5 Å². The first-order chi connectivity index (χ1) is 11.6. The number of thioether (sulfide) groups is 1. The summed E-state index contributed by atoms with van der Waals surface area (Å²) >= 11 is 1.24. The van der Waals surface area contributed by atoms with Crippen molar-refractivity contribution in [3.63, 3.8) is 0 Å². The Labute approximate surface area is 143 Å². The monoisotopic (exact) mass is 340 g/mol. The van der Waals surface area contributed by atoms with Gasteiger partial charge in [0, 0.05) is 11.1 Å². The number of ketones is 1. The second-order valence-corrected chi connectivity index (χ2v) is 6.54. The predicted octanol–water partition coefficient (Wildman–Crippen LogP) is 2.43. The van der Waals surface area contributed by atoms with E-state index >= 15 is 0 Å². The third-order valence-corrected chi connectivity index (χ3v) is 4.73. The van der Waals surface area contributed by atoms with Crippen LogP contribution in [0.4, 0.5) is 0 Å². The molecule has 2 aromatic rings. The molecule has 0 aromatic heterocycles. The molecular weight excluding hydrogens is 324 g/mol. The predicted molar refractivity (Wildman–Crippen MR) is 94.6 cm³/mol. The van der Waals surface area contributed by atoms with Gasteiger partial charge in [-0.25, -0.2) is 0 Å². The van der Waals surface area contributed by atoms with Crippen molar-refractivity contribution in [2.45, 2.75) is 11.7 Å². The van der Waals surface area contributed by atoms with Gasteiger partial charge in [0.2, 0.25) is 0 Å². The molecule has 1 unspecified atom stereocenters. The lowest BCUT2D eigenvalue weighted by Crippen LogP contribution is -2.15. The Kier molecular flexibility index (Phi) is 4.66. The highest BCUT2D eigenvalue weighted by Crippen LogP contribution is 2.29. The molecule has 0 radical (unpaired) electrons. The standard InChI is InChI=1S/C18H16N2O3S/c1-23-14-8-7-12(16(21)11-5-3-2-4-6-11)9-13(14)10-15-17(22)20-18(19)24-15/h2-9,15H,10H2,1H3,(H2,19,20,22). The molecule has 2 aromatic carbocycles. The lowest BCUT2D eigenvalue weighted by atomic mass is 9.98. The molecule has 2 N–H and O–H groups in total. The van der Waals surface area contributed by atoms with Crippen molar-refractivity contribution >= 4 is 28.6 Å². The van der Waals surface area contributed by atoms with Crippen LogP contribution < -0.4 is 10.5 Å². The molecule has 1 aliphatic heterocycles. The lowest BCUT2D eigenvalue weighted by molar-refractivity contribution is -0.117. The van der Waals surface area contributed by atoms with Gasteiger partial charge in [0.15, 0.2) is 11.0 Å². The van der Waals surface area contributed by atoms with Crippen LogP contribution in [0.2, 0.25) is 0 Å². The summed E-state index contributed by atoms with van der Waals surface area (Å²) in [5.74, 6) is 0.318. The molecule has 1 aliphatic rings. The second kappa shape index (κ2) is 6.88. The third kappa shape index (κ3) is 3.33. The average molecular weight is 340 g/mol. The van der Waals surface area contributed by atoms with Crippen molar-refractivity contribution in [3.8, 4) is 5.75 Å². The van der Waals surface area contributed by atoms with Gasteiger partial charge in [-0.05, 0) is 30.2 Å². The van der Waals surface area contributed by atoms with Crippen molar-refractivity contribution in [3.05, 3.63) is 65.2 Å². The Morgan fingerprint density at radius 3 is 2.58 bits per heavy atom. The number of nitrogens with zero attached hydrogens (tertiary/aromatic N) is 1. The molecule has 3 rings (SSSR count). The number of amidine groups is 1. The molecule has 0 saturated carbocycles. The molecule has 1 heterocycles. The topological polar surface area (TPSA) is 81.8 Å².